The van der Waals surface area contributed by atoms with E-state index >= 15 is 0 Å². The molecule has 2 saturated carbocycles. The first kappa shape index (κ1) is 21.9. The van der Waals surface area contributed by atoms with Crippen molar-refractivity contribution in [3.05, 3.63) is 44.5 Å². The van der Waals surface area contributed by atoms with Gasteiger partial charge in [-0.3, -0.25) is 19.2 Å². The summed E-state index contributed by atoms with van der Waals surface area (Å²) in [5.41, 5.74) is -1.64. The van der Waals surface area contributed by atoms with Crippen LogP contribution >= 0.6 is 0 Å². The van der Waals surface area contributed by atoms with Crippen molar-refractivity contribution < 1.29 is 14.7 Å². The third-order valence-electron chi connectivity index (χ3n) is 7.71. The summed E-state index contributed by atoms with van der Waals surface area (Å²) >= 11 is 0. The van der Waals surface area contributed by atoms with Gasteiger partial charge in [0.15, 0.2) is 0 Å². The minimum Gasteiger partial charge on any atom is -0.380 e. The second-order valence-electron chi connectivity index (χ2n) is 10.2. The molecule has 1 saturated heterocycles. The first-order chi connectivity index (χ1) is 15.7. The molecule has 2 heterocycles. The maximum atomic E-state index is 13.3. The first-order valence-corrected chi connectivity index (χ1v) is 11.8. The predicted molar refractivity (Wildman–Crippen MR) is 122 cm³/mol. The molecule has 0 radical (unpaired) electrons. The van der Waals surface area contributed by atoms with E-state index in [1.165, 1.54) is 12.8 Å². The Hall–Kier alpha value is -2.94. The zero-order valence-electron chi connectivity index (χ0n) is 18.7. The Morgan fingerprint density at radius 2 is 1.79 bits per heavy atom. The van der Waals surface area contributed by atoms with Gasteiger partial charge in [0.2, 0.25) is 0 Å². The number of nitrogens with zero attached hydrogens (tertiary/aromatic N) is 1. The van der Waals surface area contributed by atoms with Crippen LogP contribution in [0.3, 0.4) is 0 Å². The highest BCUT2D eigenvalue weighted by molar-refractivity contribution is 5.97. The van der Waals surface area contributed by atoms with Gasteiger partial charge in [-0.05, 0) is 62.1 Å². The number of benzene rings is 1. The number of amides is 2. The summed E-state index contributed by atoms with van der Waals surface area (Å²) < 4.78 is 0. The average Bonchev–Trinajstić information content (AvgIpc) is 3.46. The summed E-state index contributed by atoms with van der Waals surface area (Å²) in [6.45, 7) is 2.51. The third-order valence-corrected chi connectivity index (χ3v) is 7.71. The fraction of sp³-hybridized carbons (Fsp3) is 0.583. The van der Waals surface area contributed by atoms with Crippen molar-refractivity contribution in [2.24, 2.45) is 17.8 Å². The van der Waals surface area contributed by atoms with Gasteiger partial charge in [0.25, 0.3) is 11.8 Å². The van der Waals surface area contributed by atoms with Crippen LogP contribution in [0.5, 0.6) is 0 Å². The van der Waals surface area contributed by atoms with Crippen molar-refractivity contribution in [3.8, 4) is 0 Å². The van der Waals surface area contributed by atoms with Crippen LogP contribution in [0.2, 0.25) is 0 Å². The summed E-state index contributed by atoms with van der Waals surface area (Å²) in [6, 6.07) is 4.60. The van der Waals surface area contributed by atoms with Gasteiger partial charge in [-0.25, -0.2) is 0 Å². The molecule has 9 heteroatoms. The molecule has 5 rings (SSSR count). The molecule has 0 spiro atoms. The van der Waals surface area contributed by atoms with Crippen LogP contribution in [-0.4, -0.2) is 56.5 Å². The highest BCUT2D eigenvalue weighted by atomic mass is 16.3. The van der Waals surface area contributed by atoms with Crippen molar-refractivity contribution in [1.82, 2.24) is 20.2 Å². The highest BCUT2D eigenvalue weighted by Crippen LogP contribution is 2.39. The molecule has 4 N–H and O–H groups in total. The van der Waals surface area contributed by atoms with Crippen LogP contribution in [0.15, 0.2) is 27.8 Å². The predicted octanol–water partition coefficient (Wildman–Crippen LogP) is 1.12. The van der Waals surface area contributed by atoms with Crippen molar-refractivity contribution >= 4 is 22.8 Å². The number of aliphatic hydroxyl groups is 1. The first-order valence-electron chi connectivity index (χ1n) is 11.8. The minimum atomic E-state index is -1.39. The van der Waals surface area contributed by atoms with Gasteiger partial charge in [0.05, 0.1) is 17.1 Å². The van der Waals surface area contributed by atoms with Gasteiger partial charge < -0.3 is 25.3 Å². The summed E-state index contributed by atoms with van der Waals surface area (Å²) in [5.74, 6) is 0.231. The summed E-state index contributed by atoms with van der Waals surface area (Å²) in [5, 5.41) is 13.9. The molecule has 1 aromatic heterocycles. The molecule has 33 heavy (non-hydrogen) atoms. The Kier molecular flexibility index (Phi) is 5.39. The number of aromatic amines is 2. The second-order valence-corrected chi connectivity index (χ2v) is 10.2. The SMILES string of the molecule is CC(O)(C(=O)N[C@@H]1CN(C(=O)c2ccc3[nH]c(=O)c(=O)[nH]c3c2)C[C@H]1CC1CC1)C1CCC1. The van der Waals surface area contributed by atoms with Crippen molar-refractivity contribution in [2.45, 2.75) is 57.1 Å². The highest BCUT2D eigenvalue weighted by Gasteiger charge is 2.45. The number of hydrogen-bond acceptors (Lipinski definition) is 5. The van der Waals surface area contributed by atoms with E-state index in [4.69, 9.17) is 0 Å². The van der Waals surface area contributed by atoms with Crippen molar-refractivity contribution in [2.75, 3.05) is 13.1 Å². The molecule has 9 nitrogen and oxygen atoms in total. The normalized spacial score (nSPS) is 25.0. The van der Waals surface area contributed by atoms with Gasteiger partial charge in [-0.15, -0.1) is 0 Å². The summed E-state index contributed by atoms with van der Waals surface area (Å²) in [4.78, 5) is 56.1. The maximum Gasteiger partial charge on any atom is 0.314 e. The van der Waals surface area contributed by atoms with Crippen LogP contribution in [0, 0.1) is 17.8 Å². The van der Waals surface area contributed by atoms with Crippen LogP contribution in [0.25, 0.3) is 11.0 Å². The van der Waals surface area contributed by atoms with E-state index in [1.54, 1.807) is 30.0 Å². The minimum absolute atomic E-state index is 0.00952. The number of likely N-dealkylation sites (tertiary alicyclic amines) is 1. The lowest BCUT2D eigenvalue weighted by Gasteiger charge is -2.38. The van der Waals surface area contributed by atoms with Gasteiger partial charge in [0, 0.05) is 18.7 Å². The molecule has 2 aromatic rings. The van der Waals surface area contributed by atoms with Gasteiger partial charge in [-0.2, -0.15) is 0 Å². The fourth-order valence-electron chi connectivity index (χ4n) is 5.12. The van der Waals surface area contributed by atoms with Gasteiger partial charge in [-0.1, -0.05) is 19.3 Å². The Morgan fingerprint density at radius 3 is 2.42 bits per heavy atom. The summed E-state index contributed by atoms with van der Waals surface area (Å²) in [6.07, 6.45) is 6.07. The van der Waals surface area contributed by atoms with E-state index in [0.717, 1.165) is 25.7 Å². The maximum absolute atomic E-state index is 13.3. The number of rotatable bonds is 6. The van der Waals surface area contributed by atoms with E-state index in [1.807, 2.05) is 0 Å². The van der Waals surface area contributed by atoms with Crippen molar-refractivity contribution in [3.63, 3.8) is 0 Å². The number of fused-ring (bicyclic) bond motifs is 1. The van der Waals surface area contributed by atoms with Gasteiger partial charge >= 0.3 is 11.1 Å². The smallest absolute Gasteiger partial charge is 0.314 e. The molecule has 1 unspecified atom stereocenters. The lowest BCUT2D eigenvalue weighted by Crippen LogP contribution is -2.55. The van der Waals surface area contributed by atoms with Crippen LogP contribution in [0.1, 0.15) is 55.8 Å². The largest absolute Gasteiger partial charge is 0.380 e. The molecular weight excluding hydrogens is 424 g/mol. The quantitative estimate of drug-likeness (QED) is 0.485. The second kappa shape index (κ2) is 8.13. The molecule has 3 atom stereocenters. The zero-order valence-corrected chi connectivity index (χ0v) is 18.7. The van der Waals surface area contributed by atoms with Crippen molar-refractivity contribution in [1.29, 1.82) is 0 Å². The lowest BCUT2D eigenvalue weighted by atomic mass is 9.73. The van der Waals surface area contributed by atoms with E-state index in [0.29, 0.717) is 35.6 Å². The molecule has 176 valence electrons. The molecule has 3 aliphatic rings. The molecular formula is C24H30N4O5. The topological polar surface area (TPSA) is 135 Å². The average molecular weight is 455 g/mol. The van der Waals surface area contributed by atoms with Crippen LogP contribution in [0.4, 0.5) is 0 Å². The molecule has 2 amide bonds. The number of hydrogen-bond donors (Lipinski definition) is 4. The third kappa shape index (κ3) is 4.21. The number of nitrogens with one attached hydrogen (secondary N) is 3. The molecule has 1 aromatic carbocycles. The Labute approximate surface area is 190 Å². The zero-order chi connectivity index (χ0) is 23.3. The van der Waals surface area contributed by atoms with Gasteiger partial charge in [0.1, 0.15) is 5.60 Å². The van der Waals surface area contributed by atoms with E-state index in [-0.39, 0.29) is 29.7 Å². The molecule has 1 aliphatic heterocycles. The number of H-pyrrole nitrogens is 2. The Bertz CT molecular complexity index is 1210. The Balaban J connectivity index is 1.34. The molecule has 0 bridgehead atoms. The monoisotopic (exact) mass is 454 g/mol. The Morgan fingerprint density at radius 1 is 1.09 bits per heavy atom. The fourth-order valence-corrected chi connectivity index (χ4v) is 5.12. The number of carbonyl (C=O) groups is 2. The number of carbonyl (C=O) groups excluding carboxylic acids is 2. The van der Waals surface area contributed by atoms with E-state index in [9.17, 15) is 24.3 Å². The summed E-state index contributed by atoms with van der Waals surface area (Å²) in [7, 11) is 0. The van der Waals surface area contributed by atoms with Crippen LogP contribution < -0.4 is 16.4 Å². The standard InChI is InChI=1S/C24H30N4O5/c1-24(33,16-3-2-4-16)23(32)27-19-12-28(11-15(19)9-13-5-6-13)22(31)14-7-8-17-18(10-14)26-21(30)20(29)25-17/h7-8,10,13,15-16,19,33H,2-6,9,11-12H2,1H3,(H,25,29)(H,26,30)(H,27,32)/t15-,19-,24?/m1/s1. The molecule has 2 aliphatic carbocycles. The number of aromatic nitrogens is 2. The van der Waals surface area contributed by atoms with Crippen LogP contribution in [-0.2, 0) is 4.79 Å². The van der Waals surface area contributed by atoms with E-state index < -0.39 is 16.7 Å². The van der Waals surface area contributed by atoms with E-state index in [2.05, 4.69) is 15.3 Å². The lowest BCUT2D eigenvalue weighted by molar-refractivity contribution is -0.148. The molecule has 3 fully saturated rings.